The van der Waals surface area contributed by atoms with Gasteiger partial charge in [0.15, 0.2) is 0 Å². The number of thiophene rings is 1. The van der Waals surface area contributed by atoms with E-state index in [0.717, 1.165) is 42.7 Å². The number of piperidine rings is 2. The van der Waals surface area contributed by atoms with E-state index in [4.69, 9.17) is 4.74 Å². The van der Waals surface area contributed by atoms with Gasteiger partial charge in [0.2, 0.25) is 5.91 Å². The molecule has 0 bridgehead atoms. The first kappa shape index (κ1) is 18.9. The summed E-state index contributed by atoms with van der Waals surface area (Å²) in [6, 6.07) is 2.18. The molecular weight excluding hydrogens is 364 g/mol. The Morgan fingerprint density at radius 3 is 2.78 bits per heavy atom. The maximum absolute atomic E-state index is 12.8. The Hall–Kier alpha value is -1.44. The zero-order valence-corrected chi connectivity index (χ0v) is 16.7. The second kappa shape index (κ2) is 7.53. The summed E-state index contributed by atoms with van der Waals surface area (Å²) in [5, 5.41) is 9.33. The number of ether oxygens (including phenoxy) is 1. The molecule has 0 saturated carbocycles. The standard InChI is InChI=1S/C20H28N2O4S/c1-21-8-3-2-4-15(21)13-17(23)22-9-6-20(7-10-22)18-14(5-11-26-20)12-16(27-18)19(24)25/h12,15H,2-11,13H2,1H3,(H,24,25). The molecule has 3 aliphatic rings. The minimum absolute atomic E-state index is 0.247. The van der Waals surface area contributed by atoms with Gasteiger partial charge in [-0.15, -0.1) is 11.3 Å². The normalized spacial score (nSPS) is 25.4. The van der Waals surface area contributed by atoms with Crippen molar-refractivity contribution in [3.63, 3.8) is 0 Å². The van der Waals surface area contributed by atoms with E-state index in [-0.39, 0.29) is 5.91 Å². The van der Waals surface area contributed by atoms with E-state index in [2.05, 4.69) is 11.9 Å². The lowest BCUT2D eigenvalue weighted by atomic mass is 9.85. The highest BCUT2D eigenvalue weighted by molar-refractivity contribution is 7.14. The highest BCUT2D eigenvalue weighted by atomic mass is 32.1. The van der Waals surface area contributed by atoms with Gasteiger partial charge in [0, 0.05) is 30.4 Å². The molecule has 0 radical (unpaired) electrons. The number of carbonyl (C=O) groups excluding carboxylic acids is 1. The van der Waals surface area contributed by atoms with Gasteiger partial charge in [0.1, 0.15) is 10.5 Å². The number of hydrogen-bond donors (Lipinski definition) is 1. The summed E-state index contributed by atoms with van der Waals surface area (Å²) in [7, 11) is 2.12. The molecule has 1 spiro atoms. The number of nitrogens with zero attached hydrogens (tertiary/aromatic N) is 2. The molecule has 27 heavy (non-hydrogen) atoms. The Labute approximate surface area is 164 Å². The lowest BCUT2D eigenvalue weighted by Gasteiger charge is -2.44. The van der Waals surface area contributed by atoms with Gasteiger partial charge in [-0.1, -0.05) is 6.42 Å². The fourth-order valence-electron chi connectivity index (χ4n) is 4.75. The van der Waals surface area contributed by atoms with Crippen LogP contribution in [0.25, 0.3) is 0 Å². The lowest BCUT2D eigenvalue weighted by molar-refractivity contribution is -0.141. The first-order valence-corrected chi connectivity index (χ1v) is 10.8. The van der Waals surface area contributed by atoms with Crippen LogP contribution in [0.1, 0.15) is 58.6 Å². The second-order valence-corrected chi connectivity index (χ2v) is 9.13. The minimum Gasteiger partial charge on any atom is -0.477 e. The molecule has 148 valence electrons. The minimum atomic E-state index is -0.867. The lowest BCUT2D eigenvalue weighted by Crippen LogP contribution is -2.49. The Bertz CT molecular complexity index is 724. The molecule has 7 heteroatoms. The van der Waals surface area contributed by atoms with Gasteiger partial charge >= 0.3 is 5.97 Å². The van der Waals surface area contributed by atoms with Crippen molar-refractivity contribution < 1.29 is 19.4 Å². The molecule has 4 rings (SSSR count). The third-order valence-corrected chi connectivity index (χ3v) is 7.79. The summed E-state index contributed by atoms with van der Waals surface area (Å²) in [5.41, 5.74) is 0.719. The van der Waals surface area contributed by atoms with Crippen LogP contribution in [0.15, 0.2) is 6.07 Å². The molecule has 1 N–H and O–H groups in total. The maximum Gasteiger partial charge on any atom is 0.345 e. The van der Waals surface area contributed by atoms with Crippen molar-refractivity contribution in [1.82, 2.24) is 9.80 Å². The molecule has 1 amide bonds. The van der Waals surface area contributed by atoms with Crippen LogP contribution in [0.5, 0.6) is 0 Å². The van der Waals surface area contributed by atoms with Crippen LogP contribution in [0.3, 0.4) is 0 Å². The van der Waals surface area contributed by atoms with Gasteiger partial charge in [0.25, 0.3) is 0 Å². The molecular formula is C20H28N2O4S. The van der Waals surface area contributed by atoms with Crippen LogP contribution >= 0.6 is 11.3 Å². The first-order chi connectivity index (χ1) is 13.0. The molecule has 1 atom stereocenters. The zero-order valence-electron chi connectivity index (χ0n) is 15.9. The average Bonchev–Trinajstić information content (AvgIpc) is 3.11. The second-order valence-electron chi connectivity index (χ2n) is 8.08. The molecule has 2 saturated heterocycles. The summed E-state index contributed by atoms with van der Waals surface area (Å²) in [4.78, 5) is 29.9. The number of carboxylic acid groups (broad SMARTS) is 1. The summed E-state index contributed by atoms with van der Waals surface area (Å²) in [6.07, 6.45) is 6.45. The van der Waals surface area contributed by atoms with E-state index < -0.39 is 11.6 Å². The summed E-state index contributed by atoms with van der Waals surface area (Å²) in [5.74, 6) is -0.620. The molecule has 2 fully saturated rings. The zero-order chi connectivity index (χ0) is 19.0. The van der Waals surface area contributed by atoms with Crippen LogP contribution < -0.4 is 0 Å². The van der Waals surface area contributed by atoms with Crippen molar-refractivity contribution in [2.45, 2.75) is 56.6 Å². The van der Waals surface area contributed by atoms with E-state index in [9.17, 15) is 14.7 Å². The van der Waals surface area contributed by atoms with E-state index >= 15 is 0 Å². The molecule has 0 aliphatic carbocycles. The van der Waals surface area contributed by atoms with Crippen molar-refractivity contribution in [2.75, 3.05) is 33.3 Å². The van der Waals surface area contributed by atoms with Crippen LogP contribution in [0.2, 0.25) is 0 Å². The highest BCUT2D eigenvalue weighted by Gasteiger charge is 2.43. The van der Waals surface area contributed by atoms with Crippen molar-refractivity contribution in [3.8, 4) is 0 Å². The predicted octanol–water partition coefficient (Wildman–Crippen LogP) is 2.71. The van der Waals surface area contributed by atoms with Crippen molar-refractivity contribution in [3.05, 3.63) is 21.4 Å². The fraction of sp³-hybridized carbons (Fsp3) is 0.700. The smallest absolute Gasteiger partial charge is 0.345 e. The van der Waals surface area contributed by atoms with Gasteiger partial charge in [-0.05, 0) is 57.3 Å². The maximum atomic E-state index is 12.8. The fourth-order valence-corrected chi connectivity index (χ4v) is 6.00. The Morgan fingerprint density at radius 1 is 1.30 bits per heavy atom. The number of amides is 1. The van der Waals surface area contributed by atoms with E-state index in [1.807, 2.05) is 11.0 Å². The van der Waals surface area contributed by atoms with E-state index in [0.29, 0.717) is 37.0 Å². The van der Waals surface area contributed by atoms with Crippen LogP contribution in [-0.4, -0.2) is 66.1 Å². The Balaban J connectivity index is 1.42. The topological polar surface area (TPSA) is 70.1 Å². The molecule has 0 aromatic carbocycles. The molecule has 1 aromatic rings. The predicted molar refractivity (Wildman–Crippen MR) is 103 cm³/mol. The molecule has 3 aliphatic heterocycles. The third kappa shape index (κ3) is 3.65. The summed E-state index contributed by atoms with van der Waals surface area (Å²) >= 11 is 1.35. The van der Waals surface area contributed by atoms with Gasteiger partial charge < -0.3 is 19.6 Å². The SMILES string of the molecule is CN1CCCCC1CC(=O)N1CCC2(CC1)OCCc1cc(C(=O)O)sc12. The van der Waals surface area contributed by atoms with Crippen molar-refractivity contribution >= 4 is 23.2 Å². The number of fused-ring (bicyclic) bond motifs is 2. The molecule has 6 nitrogen and oxygen atoms in total. The van der Waals surface area contributed by atoms with Crippen LogP contribution in [-0.2, 0) is 21.6 Å². The van der Waals surface area contributed by atoms with Crippen LogP contribution in [0, 0.1) is 0 Å². The molecule has 4 heterocycles. The van der Waals surface area contributed by atoms with Crippen molar-refractivity contribution in [2.24, 2.45) is 0 Å². The molecule has 1 aromatic heterocycles. The number of carbonyl (C=O) groups is 2. The quantitative estimate of drug-likeness (QED) is 0.856. The number of carboxylic acids is 1. The Kier molecular flexibility index (Phi) is 5.27. The largest absolute Gasteiger partial charge is 0.477 e. The first-order valence-electron chi connectivity index (χ1n) is 9.97. The van der Waals surface area contributed by atoms with Gasteiger partial charge in [-0.2, -0.15) is 0 Å². The average molecular weight is 393 g/mol. The Morgan fingerprint density at radius 2 is 2.07 bits per heavy atom. The van der Waals surface area contributed by atoms with Crippen molar-refractivity contribution in [1.29, 1.82) is 0 Å². The van der Waals surface area contributed by atoms with Gasteiger partial charge in [0.05, 0.1) is 6.61 Å². The summed E-state index contributed by atoms with van der Waals surface area (Å²) in [6.45, 7) is 3.09. The molecule has 1 unspecified atom stereocenters. The number of rotatable bonds is 3. The summed E-state index contributed by atoms with van der Waals surface area (Å²) < 4.78 is 6.19. The number of hydrogen-bond acceptors (Lipinski definition) is 5. The monoisotopic (exact) mass is 392 g/mol. The van der Waals surface area contributed by atoms with E-state index in [1.165, 1.54) is 24.2 Å². The van der Waals surface area contributed by atoms with Gasteiger partial charge in [-0.25, -0.2) is 4.79 Å². The highest BCUT2D eigenvalue weighted by Crippen LogP contribution is 2.45. The van der Waals surface area contributed by atoms with Gasteiger partial charge in [-0.3, -0.25) is 4.79 Å². The van der Waals surface area contributed by atoms with Crippen LogP contribution in [0.4, 0.5) is 0 Å². The third-order valence-electron chi connectivity index (χ3n) is 6.44. The number of likely N-dealkylation sites (tertiary alicyclic amines) is 2. The van der Waals surface area contributed by atoms with E-state index in [1.54, 1.807) is 0 Å². The number of aromatic carboxylic acids is 1.